The number of rotatable bonds is 12. The van der Waals surface area contributed by atoms with E-state index in [1.807, 2.05) is 19.9 Å². The van der Waals surface area contributed by atoms with Gasteiger partial charge in [-0.05, 0) is 67.5 Å². The van der Waals surface area contributed by atoms with Crippen LogP contribution in [0.3, 0.4) is 0 Å². The number of hydrogen-bond donors (Lipinski definition) is 3. The topological polar surface area (TPSA) is 154 Å². The Kier molecular flexibility index (Phi) is 11.5. The Balaban J connectivity index is 1.81. The van der Waals surface area contributed by atoms with Crippen molar-refractivity contribution in [1.82, 2.24) is 10.3 Å². The van der Waals surface area contributed by atoms with Crippen molar-refractivity contribution in [2.45, 2.75) is 66.0 Å². The first-order valence-electron chi connectivity index (χ1n) is 15.5. The van der Waals surface area contributed by atoms with Crippen LogP contribution in [0.1, 0.15) is 73.1 Å². The van der Waals surface area contributed by atoms with E-state index >= 15 is 0 Å². The third-order valence-corrected chi connectivity index (χ3v) is 9.10. The Hall–Kier alpha value is -4.65. The maximum Gasteiger partial charge on any atom is 0.358 e. The standard InChI is InChI=1S/C34H42N4O8S/c1-9-17(3)28(32(41)38-34-37-29(18(4)47-34)33(42)46-10-2)36-24-14-12-21-22(16-25(24)40)23(35-19(5)39)13-11-20-15-26(43-6)30(44-7)31(45-8)27(20)21/h12,14-17,23,28H,9-11,13H2,1-8H3,(H,35,39)(H,36,40)(H,37,38,41)/t17-,23+,28+/m1/s1. The fourth-order valence-electron chi connectivity index (χ4n) is 5.72. The molecule has 0 spiro atoms. The molecule has 1 heterocycles. The van der Waals surface area contributed by atoms with Crippen LogP contribution < -0.4 is 35.6 Å². The number of aromatic nitrogens is 1. The lowest BCUT2D eigenvalue weighted by molar-refractivity contribution is -0.120. The average molecular weight is 667 g/mol. The molecule has 252 valence electrons. The van der Waals surface area contributed by atoms with Crippen molar-refractivity contribution in [3.63, 3.8) is 0 Å². The van der Waals surface area contributed by atoms with E-state index in [0.29, 0.717) is 52.5 Å². The van der Waals surface area contributed by atoms with Gasteiger partial charge in [0.25, 0.3) is 0 Å². The van der Waals surface area contributed by atoms with E-state index in [-0.39, 0.29) is 40.4 Å². The van der Waals surface area contributed by atoms with Crippen molar-refractivity contribution < 1.29 is 33.3 Å². The van der Waals surface area contributed by atoms with E-state index in [2.05, 4.69) is 20.9 Å². The summed E-state index contributed by atoms with van der Waals surface area (Å²) >= 11 is 1.17. The summed E-state index contributed by atoms with van der Waals surface area (Å²) in [5, 5.41) is 9.25. The molecular formula is C34H42N4O8S. The van der Waals surface area contributed by atoms with Crippen molar-refractivity contribution in [2.24, 2.45) is 5.92 Å². The van der Waals surface area contributed by atoms with Gasteiger partial charge in [-0.1, -0.05) is 26.3 Å². The first-order chi connectivity index (χ1) is 22.5. The van der Waals surface area contributed by atoms with Crippen molar-refractivity contribution in [3.8, 4) is 28.4 Å². The van der Waals surface area contributed by atoms with E-state index in [0.717, 1.165) is 11.1 Å². The Morgan fingerprint density at radius 1 is 1.06 bits per heavy atom. The molecule has 13 heteroatoms. The highest BCUT2D eigenvalue weighted by Gasteiger charge is 2.31. The quantitative estimate of drug-likeness (QED) is 0.218. The van der Waals surface area contributed by atoms with E-state index in [1.54, 1.807) is 33.1 Å². The fraction of sp³-hybridized carbons (Fsp3) is 0.441. The average Bonchev–Trinajstić information content (AvgIpc) is 3.25. The number of nitrogens with one attached hydrogen (secondary N) is 3. The number of fused-ring (bicyclic) bond motifs is 3. The first kappa shape index (κ1) is 35.2. The van der Waals surface area contributed by atoms with Gasteiger partial charge in [0, 0.05) is 17.4 Å². The molecule has 0 bridgehead atoms. The van der Waals surface area contributed by atoms with Gasteiger partial charge in [0.2, 0.25) is 23.0 Å². The third kappa shape index (κ3) is 7.51. The molecule has 1 aromatic heterocycles. The van der Waals surface area contributed by atoms with Crippen molar-refractivity contribution in [3.05, 3.63) is 56.2 Å². The fourth-order valence-corrected chi connectivity index (χ4v) is 6.52. The summed E-state index contributed by atoms with van der Waals surface area (Å²) in [4.78, 5) is 57.0. The summed E-state index contributed by atoms with van der Waals surface area (Å²) in [5.41, 5.74) is 2.90. The molecule has 0 radical (unpaired) electrons. The maximum atomic E-state index is 13.9. The zero-order valence-corrected chi connectivity index (χ0v) is 28.8. The molecule has 2 amide bonds. The second kappa shape index (κ2) is 15.3. The van der Waals surface area contributed by atoms with E-state index in [9.17, 15) is 19.2 Å². The highest BCUT2D eigenvalue weighted by molar-refractivity contribution is 7.16. The smallest absolute Gasteiger partial charge is 0.358 e. The SMILES string of the molecule is CCOC(=O)c1nc(NC(=O)[C@@H](Nc2ccc3c(cc2=O)[C@@H](NC(C)=O)CCc2cc(OC)c(OC)c(OC)c2-3)[C@H](C)CC)sc1C. The molecule has 12 nitrogen and oxygen atoms in total. The zero-order valence-electron chi connectivity index (χ0n) is 28.0. The van der Waals surface area contributed by atoms with Crippen LogP contribution in [0.4, 0.5) is 10.8 Å². The highest BCUT2D eigenvalue weighted by Crippen LogP contribution is 2.50. The summed E-state index contributed by atoms with van der Waals surface area (Å²) < 4.78 is 22.2. The van der Waals surface area contributed by atoms with E-state index < -0.39 is 24.0 Å². The lowest BCUT2D eigenvalue weighted by Gasteiger charge is -2.23. The van der Waals surface area contributed by atoms with Gasteiger partial charge in [-0.15, -0.1) is 11.3 Å². The number of aryl methyl sites for hydroxylation is 2. The van der Waals surface area contributed by atoms with Gasteiger partial charge in [-0.25, -0.2) is 9.78 Å². The van der Waals surface area contributed by atoms with Crippen LogP contribution in [0, 0.1) is 12.8 Å². The van der Waals surface area contributed by atoms with Crippen LogP contribution in [0.2, 0.25) is 0 Å². The number of thiazole rings is 1. The van der Waals surface area contributed by atoms with Gasteiger partial charge in [0.15, 0.2) is 22.3 Å². The summed E-state index contributed by atoms with van der Waals surface area (Å²) in [7, 11) is 4.62. The minimum atomic E-state index is -0.817. The molecule has 3 N–H and O–H groups in total. The molecule has 2 aromatic carbocycles. The van der Waals surface area contributed by atoms with Gasteiger partial charge in [-0.2, -0.15) is 0 Å². The number of ether oxygens (including phenoxy) is 4. The normalized spacial score (nSPS) is 14.8. The first-order valence-corrected chi connectivity index (χ1v) is 16.3. The van der Waals surface area contributed by atoms with Crippen molar-refractivity contribution in [2.75, 3.05) is 38.6 Å². The van der Waals surface area contributed by atoms with Crippen LogP contribution in [0.5, 0.6) is 17.2 Å². The van der Waals surface area contributed by atoms with Gasteiger partial charge in [0.05, 0.1) is 39.7 Å². The molecule has 1 aliphatic carbocycles. The summed E-state index contributed by atoms with van der Waals surface area (Å²) in [6.45, 7) is 8.94. The molecule has 3 aromatic rings. The van der Waals surface area contributed by atoms with Crippen molar-refractivity contribution in [1.29, 1.82) is 0 Å². The van der Waals surface area contributed by atoms with Crippen LogP contribution in [0.15, 0.2) is 29.1 Å². The molecule has 4 rings (SSSR count). The number of carbonyl (C=O) groups is 3. The number of nitrogens with zero attached hydrogens (tertiary/aromatic N) is 1. The number of methoxy groups -OCH3 is 3. The summed E-state index contributed by atoms with van der Waals surface area (Å²) in [5.74, 6) is -0.0356. The van der Waals surface area contributed by atoms with Gasteiger partial charge >= 0.3 is 5.97 Å². The minimum absolute atomic E-state index is 0.150. The van der Waals surface area contributed by atoms with Crippen LogP contribution in [-0.4, -0.2) is 56.7 Å². The van der Waals surface area contributed by atoms with E-state index in [4.69, 9.17) is 18.9 Å². The predicted molar refractivity (Wildman–Crippen MR) is 181 cm³/mol. The van der Waals surface area contributed by atoms with Crippen LogP contribution in [0.25, 0.3) is 11.1 Å². The minimum Gasteiger partial charge on any atom is -0.493 e. The van der Waals surface area contributed by atoms with Crippen molar-refractivity contribution >= 4 is 39.9 Å². The highest BCUT2D eigenvalue weighted by atomic mass is 32.1. The Labute approximate surface area is 278 Å². The zero-order chi connectivity index (χ0) is 34.4. The summed E-state index contributed by atoms with van der Waals surface area (Å²) in [6.07, 6.45) is 1.72. The molecule has 0 fully saturated rings. The predicted octanol–water partition coefficient (Wildman–Crippen LogP) is 5.27. The number of hydrogen-bond acceptors (Lipinski definition) is 11. The number of anilines is 2. The van der Waals surface area contributed by atoms with Gasteiger partial charge in [0.1, 0.15) is 6.04 Å². The summed E-state index contributed by atoms with van der Waals surface area (Å²) in [6, 6.07) is 5.55. The van der Waals surface area contributed by atoms with Crippen LogP contribution in [-0.2, 0) is 20.7 Å². The monoisotopic (exact) mass is 666 g/mol. The Morgan fingerprint density at radius 3 is 2.40 bits per heavy atom. The second-order valence-electron chi connectivity index (χ2n) is 11.2. The lowest BCUT2D eigenvalue weighted by Crippen LogP contribution is -2.40. The number of esters is 1. The molecular weight excluding hydrogens is 624 g/mol. The Bertz CT molecular complexity index is 1720. The second-order valence-corrected chi connectivity index (χ2v) is 12.4. The molecule has 0 aliphatic heterocycles. The molecule has 0 saturated heterocycles. The third-order valence-electron chi connectivity index (χ3n) is 8.22. The number of carbonyl (C=O) groups excluding carboxylic acids is 3. The maximum absolute atomic E-state index is 13.9. The molecule has 47 heavy (non-hydrogen) atoms. The lowest BCUT2D eigenvalue weighted by atomic mass is 9.95. The number of amides is 2. The number of benzene rings is 1. The molecule has 3 atom stereocenters. The molecule has 0 unspecified atom stereocenters. The molecule has 1 aliphatic rings. The molecule has 0 saturated carbocycles. The Morgan fingerprint density at radius 2 is 1.79 bits per heavy atom. The largest absolute Gasteiger partial charge is 0.493 e. The van der Waals surface area contributed by atoms with Crippen LogP contribution >= 0.6 is 11.3 Å². The van der Waals surface area contributed by atoms with Gasteiger partial charge in [-0.3, -0.25) is 14.4 Å². The van der Waals surface area contributed by atoms with Gasteiger partial charge < -0.3 is 34.9 Å². The van der Waals surface area contributed by atoms with E-state index in [1.165, 1.54) is 38.5 Å².